The van der Waals surface area contributed by atoms with Gasteiger partial charge in [0.25, 0.3) is 0 Å². The molecule has 3 aromatic carbocycles. The van der Waals surface area contributed by atoms with Crippen LogP contribution < -0.4 is 0 Å². The van der Waals surface area contributed by atoms with E-state index in [1.807, 2.05) is 19.1 Å². The van der Waals surface area contributed by atoms with E-state index in [1.165, 1.54) is 16.3 Å². The molecule has 154 valence electrons. The Balaban J connectivity index is 1.92. The Labute approximate surface area is 180 Å². The minimum atomic E-state index is -0.0331. The van der Waals surface area contributed by atoms with Gasteiger partial charge in [-0.15, -0.1) is 0 Å². The second kappa shape index (κ2) is 6.95. The minimum absolute atomic E-state index is 0.0331. The Morgan fingerprint density at radius 3 is 2.55 bits per heavy atom. The van der Waals surface area contributed by atoms with Crippen LogP contribution >= 0.6 is 0 Å². The van der Waals surface area contributed by atoms with E-state index in [0.717, 1.165) is 22.0 Å². The number of rotatable bonds is 2. The topological polar surface area (TPSA) is 59.2 Å². The van der Waals surface area contributed by atoms with Crippen LogP contribution in [0, 0.1) is 0 Å². The molecule has 4 heteroatoms. The lowest BCUT2D eigenvalue weighted by molar-refractivity contribution is 0.474. The first-order chi connectivity index (χ1) is 14.9. The lowest BCUT2D eigenvalue weighted by Crippen LogP contribution is -2.12. The van der Waals surface area contributed by atoms with Gasteiger partial charge in [0.05, 0.1) is 11.1 Å². The number of benzene rings is 3. The van der Waals surface area contributed by atoms with Gasteiger partial charge >= 0.3 is 0 Å². The molecule has 0 radical (unpaired) electrons. The summed E-state index contributed by atoms with van der Waals surface area (Å²) in [5.41, 5.74) is 4.95. The minimum Gasteiger partial charge on any atom is -0.507 e. The quantitative estimate of drug-likeness (QED) is 0.335. The van der Waals surface area contributed by atoms with Crippen molar-refractivity contribution in [2.45, 2.75) is 33.1 Å². The summed E-state index contributed by atoms with van der Waals surface area (Å²) in [6.07, 6.45) is 5.34. The third-order valence-electron chi connectivity index (χ3n) is 5.73. The summed E-state index contributed by atoms with van der Waals surface area (Å²) in [5.74, 6) is 0.206. The molecule has 31 heavy (non-hydrogen) atoms. The van der Waals surface area contributed by atoms with Crippen molar-refractivity contribution in [3.8, 4) is 17.0 Å². The molecule has 0 bridgehead atoms. The third kappa shape index (κ3) is 3.07. The van der Waals surface area contributed by atoms with Gasteiger partial charge in [-0.2, -0.15) is 0 Å². The van der Waals surface area contributed by atoms with Crippen LogP contribution in [0.5, 0.6) is 5.75 Å². The van der Waals surface area contributed by atoms with E-state index in [-0.39, 0.29) is 11.2 Å². The van der Waals surface area contributed by atoms with E-state index < -0.39 is 0 Å². The Morgan fingerprint density at radius 2 is 1.77 bits per heavy atom. The van der Waals surface area contributed by atoms with Crippen LogP contribution in [0.25, 0.3) is 50.2 Å². The molecular formula is C27H24N2O2. The third-order valence-corrected chi connectivity index (χ3v) is 5.73. The summed E-state index contributed by atoms with van der Waals surface area (Å²) >= 11 is 0. The monoisotopic (exact) mass is 408 g/mol. The first-order valence-corrected chi connectivity index (χ1v) is 10.4. The first kappa shape index (κ1) is 19.3. The fourth-order valence-corrected chi connectivity index (χ4v) is 4.33. The molecule has 0 fully saturated rings. The van der Waals surface area contributed by atoms with Crippen LogP contribution in [-0.4, -0.2) is 15.1 Å². The fraction of sp³-hybridized carbons (Fsp3) is 0.185. The van der Waals surface area contributed by atoms with Gasteiger partial charge in [-0.3, -0.25) is 0 Å². The molecule has 0 amide bonds. The van der Waals surface area contributed by atoms with E-state index in [4.69, 9.17) is 4.42 Å². The zero-order valence-electron chi connectivity index (χ0n) is 18.1. The highest BCUT2D eigenvalue weighted by atomic mass is 16.3. The Hall–Kier alpha value is -3.66. The summed E-state index contributed by atoms with van der Waals surface area (Å²) in [4.78, 5) is 9.07. The number of phenols is 1. The second-order valence-corrected chi connectivity index (χ2v) is 8.87. The smallest absolute Gasteiger partial charge is 0.231 e. The van der Waals surface area contributed by atoms with Gasteiger partial charge in [0.1, 0.15) is 17.7 Å². The van der Waals surface area contributed by atoms with Gasteiger partial charge in [-0.05, 0) is 52.9 Å². The molecule has 0 aliphatic carbocycles. The van der Waals surface area contributed by atoms with Crippen LogP contribution in [0.1, 0.15) is 38.8 Å². The van der Waals surface area contributed by atoms with Crippen molar-refractivity contribution >= 4 is 38.9 Å². The lowest BCUT2D eigenvalue weighted by atomic mass is 9.82. The maximum atomic E-state index is 10.5. The Kier molecular flexibility index (Phi) is 4.33. The average Bonchev–Trinajstić information content (AvgIpc) is 3.13. The van der Waals surface area contributed by atoms with Gasteiger partial charge in [0.2, 0.25) is 5.71 Å². The summed E-state index contributed by atoms with van der Waals surface area (Å²) in [6.45, 7) is 8.60. The number of allylic oxidation sites excluding steroid dienone is 1. The molecular weight excluding hydrogens is 384 g/mol. The highest BCUT2D eigenvalue weighted by Gasteiger charge is 2.22. The fourth-order valence-electron chi connectivity index (χ4n) is 4.33. The van der Waals surface area contributed by atoms with Crippen molar-refractivity contribution in [3.05, 3.63) is 72.1 Å². The molecule has 5 aromatic rings. The van der Waals surface area contributed by atoms with Crippen molar-refractivity contribution in [3.63, 3.8) is 0 Å². The summed E-state index contributed by atoms with van der Waals surface area (Å²) < 4.78 is 6.05. The largest absolute Gasteiger partial charge is 0.507 e. The number of nitrogens with zero attached hydrogens (tertiary/aromatic N) is 2. The zero-order valence-corrected chi connectivity index (χ0v) is 18.1. The predicted octanol–water partition coefficient (Wildman–Crippen LogP) is 7.23. The van der Waals surface area contributed by atoms with Crippen LogP contribution in [0.4, 0.5) is 0 Å². The highest BCUT2D eigenvalue weighted by molar-refractivity contribution is 6.14. The molecule has 0 saturated carbocycles. The molecule has 0 aliphatic rings. The van der Waals surface area contributed by atoms with Crippen LogP contribution in [0.3, 0.4) is 0 Å². The number of hydrogen-bond donors (Lipinski definition) is 1. The van der Waals surface area contributed by atoms with Crippen molar-refractivity contribution in [1.82, 2.24) is 9.97 Å². The molecule has 4 nitrogen and oxygen atoms in total. The summed E-state index contributed by atoms with van der Waals surface area (Å²) in [6, 6.07) is 16.3. The van der Waals surface area contributed by atoms with E-state index in [0.29, 0.717) is 16.9 Å². The number of hydrogen-bond acceptors (Lipinski definition) is 4. The molecule has 0 unspecified atom stereocenters. The van der Waals surface area contributed by atoms with Gasteiger partial charge < -0.3 is 9.52 Å². The maximum absolute atomic E-state index is 10.5. The Bertz CT molecular complexity index is 1490. The van der Waals surface area contributed by atoms with Gasteiger partial charge in [-0.25, -0.2) is 9.97 Å². The van der Waals surface area contributed by atoms with Crippen molar-refractivity contribution in [2.75, 3.05) is 0 Å². The Morgan fingerprint density at radius 1 is 0.968 bits per heavy atom. The molecule has 0 aliphatic heterocycles. The van der Waals surface area contributed by atoms with E-state index in [1.54, 1.807) is 18.5 Å². The predicted molar refractivity (Wildman–Crippen MR) is 127 cm³/mol. The molecule has 2 aromatic heterocycles. The van der Waals surface area contributed by atoms with E-state index >= 15 is 0 Å². The number of phenolic OH excluding ortho intramolecular Hbond substituents is 1. The van der Waals surface area contributed by atoms with Crippen molar-refractivity contribution in [2.24, 2.45) is 0 Å². The zero-order chi connectivity index (χ0) is 21.8. The van der Waals surface area contributed by atoms with Crippen LogP contribution in [0.15, 0.2) is 65.4 Å². The van der Waals surface area contributed by atoms with Crippen LogP contribution in [-0.2, 0) is 5.41 Å². The average molecular weight is 409 g/mol. The number of aromatic hydroxyl groups is 1. The normalized spacial score (nSPS) is 12.5. The van der Waals surface area contributed by atoms with E-state index in [2.05, 4.69) is 67.1 Å². The SMILES string of the molecule is C/C=C/c1c(O)ccc2oc3ncnc(-c4cc(C(C)(C)C)c5ccccc5c4)c3c12. The molecule has 0 saturated heterocycles. The van der Waals surface area contributed by atoms with Gasteiger partial charge in [0, 0.05) is 16.5 Å². The summed E-state index contributed by atoms with van der Waals surface area (Å²) in [5, 5.41) is 14.6. The first-order valence-electron chi connectivity index (χ1n) is 10.4. The number of furan rings is 1. The highest BCUT2D eigenvalue weighted by Crippen LogP contribution is 2.41. The van der Waals surface area contributed by atoms with Gasteiger partial charge in [0.15, 0.2) is 0 Å². The molecule has 1 N–H and O–H groups in total. The van der Waals surface area contributed by atoms with E-state index in [9.17, 15) is 5.11 Å². The molecule has 0 spiro atoms. The van der Waals surface area contributed by atoms with Gasteiger partial charge in [-0.1, -0.05) is 57.2 Å². The van der Waals surface area contributed by atoms with Crippen molar-refractivity contribution < 1.29 is 9.52 Å². The maximum Gasteiger partial charge on any atom is 0.231 e. The standard InChI is InChI=1S/C27H24N2O2/c1-5-8-19-21(30)11-12-22-23(19)24-25(28-15-29-26(24)31-22)17-13-16-9-6-7-10-18(16)20(14-17)27(2,3)4/h5-15,30H,1-4H3/b8-5+. The molecule has 5 rings (SSSR count). The molecule has 0 atom stereocenters. The summed E-state index contributed by atoms with van der Waals surface area (Å²) in [7, 11) is 0. The molecule has 2 heterocycles. The van der Waals surface area contributed by atoms with Crippen LogP contribution in [0.2, 0.25) is 0 Å². The lowest BCUT2D eigenvalue weighted by Gasteiger charge is -2.22. The van der Waals surface area contributed by atoms with Crippen molar-refractivity contribution in [1.29, 1.82) is 0 Å². The number of aromatic nitrogens is 2. The number of fused-ring (bicyclic) bond motifs is 4. The second-order valence-electron chi connectivity index (χ2n) is 8.87.